The highest BCUT2D eigenvalue weighted by Gasteiger charge is 2.39. The minimum atomic E-state index is -3.67. The minimum Gasteiger partial charge on any atom is -0.465 e. The Morgan fingerprint density at radius 1 is 1.38 bits per heavy atom. The lowest BCUT2D eigenvalue weighted by atomic mass is 10.4. The summed E-state index contributed by atoms with van der Waals surface area (Å²) in [6, 6.07) is 6.70. The summed E-state index contributed by atoms with van der Waals surface area (Å²) in [5, 5.41) is 0. The Morgan fingerprint density at radius 2 is 2.14 bits per heavy atom. The Hall–Kier alpha value is -1.86. The number of nitrogens with zero attached hydrogens (tertiary/aromatic N) is 2. The SMILES string of the molecule is Cc1ccc(CN(C2CC2)S(=O)(=O)c2cccnc2N)o1. The summed E-state index contributed by atoms with van der Waals surface area (Å²) in [6.45, 7) is 2.05. The molecule has 1 aliphatic carbocycles. The normalized spacial score (nSPS) is 15.5. The van der Waals surface area contributed by atoms with E-state index in [1.165, 1.54) is 16.6 Å². The Kier molecular flexibility index (Phi) is 3.46. The predicted molar refractivity (Wildman–Crippen MR) is 77.8 cm³/mol. The van der Waals surface area contributed by atoms with Gasteiger partial charge >= 0.3 is 0 Å². The Morgan fingerprint density at radius 3 is 2.71 bits per heavy atom. The molecule has 0 amide bonds. The van der Waals surface area contributed by atoms with E-state index in [1.807, 2.05) is 13.0 Å². The first kappa shape index (κ1) is 14.1. The molecule has 0 saturated heterocycles. The van der Waals surface area contributed by atoms with Gasteiger partial charge in [-0.3, -0.25) is 0 Å². The molecule has 2 aromatic heterocycles. The summed E-state index contributed by atoms with van der Waals surface area (Å²) in [6.07, 6.45) is 3.20. The van der Waals surface area contributed by atoms with Gasteiger partial charge in [-0.25, -0.2) is 13.4 Å². The molecule has 0 aliphatic heterocycles. The Bertz CT molecular complexity index is 750. The molecule has 2 N–H and O–H groups in total. The molecule has 6 nitrogen and oxygen atoms in total. The van der Waals surface area contributed by atoms with Crippen LogP contribution in [-0.2, 0) is 16.6 Å². The fraction of sp³-hybridized carbons (Fsp3) is 0.357. The second-order valence-electron chi connectivity index (χ2n) is 5.18. The van der Waals surface area contributed by atoms with Gasteiger partial charge in [0.15, 0.2) is 0 Å². The molecule has 0 radical (unpaired) electrons. The van der Waals surface area contributed by atoms with Gasteiger partial charge in [0.2, 0.25) is 10.0 Å². The van der Waals surface area contributed by atoms with Gasteiger partial charge in [-0.05, 0) is 44.0 Å². The van der Waals surface area contributed by atoms with Crippen molar-refractivity contribution in [2.45, 2.75) is 37.2 Å². The number of nitrogens with two attached hydrogens (primary N) is 1. The monoisotopic (exact) mass is 307 g/mol. The lowest BCUT2D eigenvalue weighted by molar-refractivity contribution is 0.352. The number of hydrogen-bond acceptors (Lipinski definition) is 5. The van der Waals surface area contributed by atoms with Gasteiger partial charge in [-0.1, -0.05) is 0 Å². The van der Waals surface area contributed by atoms with Crippen LogP contribution in [0.25, 0.3) is 0 Å². The number of furan rings is 1. The smallest absolute Gasteiger partial charge is 0.247 e. The van der Waals surface area contributed by atoms with E-state index in [0.717, 1.165) is 18.6 Å². The van der Waals surface area contributed by atoms with E-state index in [4.69, 9.17) is 10.2 Å². The highest BCUT2D eigenvalue weighted by molar-refractivity contribution is 7.89. The first-order valence-electron chi connectivity index (χ1n) is 6.76. The number of pyridine rings is 1. The third kappa shape index (κ3) is 2.79. The molecule has 112 valence electrons. The van der Waals surface area contributed by atoms with Gasteiger partial charge in [-0.2, -0.15) is 4.31 Å². The molecular formula is C14H17N3O3S. The fourth-order valence-electron chi connectivity index (χ4n) is 2.24. The van der Waals surface area contributed by atoms with Crippen molar-refractivity contribution >= 4 is 15.8 Å². The number of aryl methyl sites for hydroxylation is 1. The van der Waals surface area contributed by atoms with Crippen molar-refractivity contribution in [2.75, 3.05) is 5.73 Å². The lowest BCUT2D eigenvalue weighted by Crippen LogP contribution is -2.33. The zero-order chi connectivity index (χ0) is 15.0. The minimum absolute atomic E-state index is 0.0139. The number of anilines is 1. The van der Waals surface area contributed by atoms with Crippen molar-refractivity contribution in [2.24, 2.45) is 0 Å². The number of aromatic nitrogens is 1. The third-order valence-corrected chi connectivity index (χ3v) is 5.39. The highest BCUT2D eigenvalue weighted by Crippen LogP contribution is 2.34. The van der Waals surface area contributed by atoms with Crippen LogP contribution in [0.4, 0.5) is 5.82 Å². The third-order valence-electron chi connectivity index (χ3n) is 3.45. The van der Waals surface area contributed by atoms with Crippen LogP contribution in [0.15, 0.2) is 39.8 Å². The molecular weight excluding hydrogens is 290 g/mol. The van der Waals surface area contributed by atoms with Gasteiger partial charge in [-0.15, -0.1) is 0 Å². The van der Waals surface area contributed by atoms with Crippen LogP contribution in [0, 0.1) is 6.92 Å². The van der Waals surface area contributed by atoms with Crippen LogP contribution < -0.4 is 5.73 Å². The van der Waals surface area contributed by atoms with Crippen molar-refractivity contribution < 1.29 is 12.8 Å². The van der Waals surface area contributed by atoms with Crippen molar-refractivity contribution in [1.82, 2.24) is 9.29 Å². The molecule has 21 heavy (non-hydrogen) atoms. The molecule has 0 atom stereocenters. The summed E-state index contributed by atoms with van der Waals surface area (Å²) < 4.78 is 32.6. The number of hydrogen-bond donors (Lipinski definition) is 1. The maximum atomic E-state index is 12.8. The molecule has 0 spiro atoms. The lowest BCUT2D eigenvalue weighted by Gasteiger charge is -2.21. The van der Waals surface area contributed by atoms with Crippen molar-refractivity contribution in [1.29, 1.82) is 0 Å². The van der Waals surface area contributed by atoms with Crippen molar-refractivity contribution in [3.05, 3.63) is 42.0 Å². The van der Waals surface area contributed by atoms with E-state index in [2.05, 4.69) is 4.98 Å². The average molecular weight is 307 g/mol. The molecule has 1 saturated carbocycles. The summed E-state index contributed by atoms with van der Waals surface area (Å²) in [7, 11) is -3.67. The highest BCUT2D eigenvalue weighted by atomic mass is 32.2. The largest absolute Gasteiger partial charge is 0.465 e. The van der Waals surface area contributed by atoms with Crippen LogP contribution >= 0.6 is 0 Å². The van der Waals surface area contributed by atoms with Crippen LogP contribution in [-0.4, -0.2) is 23.7 Å². The zero-order valence-corrected chi connectivity index (χ0v) is 12.5. The van der Waals surface area contributed by atoms with Crippen LogP contribution in [0.5, 0.6) is 0 Å². The van der Waals surface area contributed by atoms with Crippen molar-refractivity contribution in [3.63, 3.8) is 0 Å². The van der Waals surface area contributed by atoms with Gasteiger partial charge in [0.25, 0.3) is 0 Å². The number of nitrogen functional groups attached to an aromatic ring is 1. The second-order valence-corrected chi connectivity index (χ2v) is 7.04. The zero-order valence-electron chi connectivity index (χ0n) is 11.7. The van der Waals surface area contributed by atoms with E-state index >= 15 is 0 Å². The maximum Gasteiger partial charge on any atom is 0.247 e. The maximum absolute atomic E-state index is 12.8. The number of rotatable bonds is 5. The van der Waals surface area contributed by atoms with E-state index < -0.39 is 10.0 Å². The molecule has 1 fully saturated rings. The van der Waals surface area contributed by atoms with Crippen LogP contribution in [0.2, 0.25) is 0 Å². The summed E-state index contributed by atoms with van der Waals surface area (Å²) in [5.41, 5.74) is 5.72. The van der Waals surface area contributed by atoms with E-state index in [-0.39, 0.29) is 23.3 Å². The molecule has 7 heteroatoms. The summed E-state index contributed by atoms with van der Waals surface area (Å²) in [5.74, 6) is 1.42. The molecule has 0 aromatic carbocycles. The average Bonchev–Trinajstić information content (AvgIpc) is 3.19. The van der Waals surface area contributed by atoms with Gasteiger partial charge in [0.1, 0.15) is 22.2 Å². The summed E-state index contributed by atoms with van der Waals surface area (Å²) >= 11 is 0. The van der Waals surface area contributed by atoms with Crippen LogP contribution in [0.1, 0.15) is 24.4 Å². The molecule has 2 aromatic rings. The molecule has 0 unspecified atom stereocenters. The standard InChI is InChI=1S/C14H17N3O3S/c1-10-4-7-12(20-10)9-17(11-5-6-11)21(18,19)13-3-2-8-16-14(13)15/h2-4,7-8,11H,5-6,9H2,1H3,(H2,15,16). The first-order chi connectivity index (χ1) is 9.98. The number of sulfonamides is 1. The van der Waals surface area contributed by atoms with Crippen molar-refractivity contribution in [3.8, 4) is 0 Å². The van der Waals surface area contributed by atoms with E-state index in [0.29, 0.717) is 5.76 Å². The van der Waals surface area contributed by atoms with E-state index in [1.54, 1.807) is 12.1 Å². The van der Waals surface area contributed by atoms with Gasteiger partial charge < -0.3 is 10.2 Å². The second kappa shape index (κ2) is 5.16. The van der Waals surface area contributed by atoms with E-state index in [9.17, 15) is 8.42 Å². The van der Waals surface area contributed by atoms with Gasteiger partial charge in [0, 0.05) is 12.2 Å². The topological polar surface area (TPSA) is 89.4 Å². The molecule has 3 rings (SSSR count). The molecule has 0 bridgehead atoms. The Labute approximate surface area is 123 Å². The molecule has 1 aliphatic rings. The molecule has 2 heterocycles. The quantitative estimate of drug-likeness (QED) is 0.911. The van der Waals surface area contributed by atoms with Crippen LogP contribution in [0.3, 0.4) is 0 Å². The Balaban J connectivity index is 1.95. The summed E-state index contributed by atoms with van der Waals surface area (Å²) in [4.78, 5) is 3.92. The predicted octanol–water partition coefficient (Wildman–Crippen LogP) is 1.92. The fourth-order valence-corrected chi connectivity index (χ4v) is 3.96. The van der Waals surface area contributed by atoms with Gasteiger partial charge in [0.05, 0.1) is 6.54 Å². The first-order valence-corrected chi connectivity index (χ1v) is 8.20.